The first-order valence-corrected chi connectivity index (χ1v) is 8.08. The number of carbonyl (C=O) groups excluding carboxylic acids is 1. The van der Waals surface area contributed by atoms with Gasteiger partial charge in [0.05, 0.1) is 5.69 Å². The van der Waals surface area contributed by atoms with Gasteiger partial charge in [0.25, 0.3) is 0 Å². The molecule has 116 valence electrons. The number of likely N-dealkylation sites (N-methyl/N-ethyl adjacent to an activating group) is 1. The van der Waals surface area contributed by atoms with Crippen LogP contribution in [0.2, 0.25) is 0 Å². The Morgan fingerprint density at radius 1 is 1.33 bits per heavy atom. The van der Waals surface area contributed by atoms with E-state index < -0.39 is 15.6 Å². The van der Waals surface area contributed by atoms with Gasteiger partial charge >= 0.3 is 0 Å². The number of nitrogens with two attached hydrogens (primary N) is 1. The molecule has 8 heteroatoms. The van der Waals surface area contributed by atoms with Crippen LogP contribution in [0.3, 0.4) is 0 Å². The zero-order chi connectivity index (χ0) is 15.8. The van der Waals surface area contributed by atoms with E-state index in [1.807, 2.05) is 0 Å². The maximum absolute atomic E-state index is 12.7. The van der Waals surface area contributed by atoms with Gasteiger partial charge in [-0.2, -0.15) is 4.31 Å². The van der Waals surface area contributed by atoms with Gasteiger partial charge in [-0.15, -0.1) is 0 Å². The predicted octanol–water partition coefficient (Wildman–Crippen LogP) is -0.218. The highest BCUT2D eigenvalue weighted by molar-refractivity contribution is 7.89. The van der Waals surface area contributed by atoms with Gasteiger partial charge in [0.1, 0.15) is 10.4 Å². The van der Waals surface area contributed by atoms with Gasteiger partial charge < -0.3 is 10.6 Å². The van der Waals surface area contributed by atoms with Gasteiger partial charge in [0.2, 0.25) is 15.9 Å². The molecule has 0 atom stereocenters. The minimum atomic E-state index is -3.77. The Kier molecular flexibility index (Phi) is 4.05. The largest absolute Gasteiger partial charge is 0.343 e. The third-order valence-electron chi connectivity index (χ3n) is 3.73. The molecule has 0 unspecified atom stereocenters. The molecule has 1 aliphatic heterocycles. The fourth-order valence-electron chi connectivity index (χ4n) is 2.43. The predicted molar refractivity (Wildman–Crippen MR) is 77.7 cm³/mol. The lowest BCUT2D eigenvalue weighted by molar-refractivity contribution is -0.142. The summed E-state index contributed by atoms with van der Waals surface area (Å²) in [5, 5.41) is 0. The minimum Gasteiger partial charge on any atom is -0.343 e. The van der Waals surface area contributed by atoms with E-state index in [0.29, 0.717) is 12.2 Å². The van der Waals surface area contributed by atoms with Crippen molar-refractivity contribution in [2.45, 2.75) is 30.8 Å². The van der Waals surface area contributed by atoms with E-state index in [9.17, 15) is 13.2 Å². The lowest BCUT2D eigenvalue weighted by Crippen LogP contribution is -2.63. The second-order valence-corrected chi connectivity index (χ2v) is 7.41. The fourth-order valence-corrected chi connectivity index (χ4v) is 4.11. The van der Waals surface area contributed by atoms with Gasteiger partial charge in [0, 0.05) is 32.9 Å². The number of pyridine rings is 1. The Hall–Kier alpha value is -1.51. The summed E-state index contributed by atoms with van der Waals surface area (Å²) in [6.45, 7) is 4.11. The van der Waals surface area contributed by atoms with Crippen LogP contribution in [-0.2, 0) is 21.4 Å². The highest BCUT2D eigenvalue weighted by Gasteiger charge is 2.46. The molecular weight excluding hydrogens is 292 g/mol. The van der Waals surface area contributed by atoms with Gasteiger partial charge in [-0.25, -0.2) is 8.42 Å². The van der Waals surface area contributed by atoms with Gasteiger partial charge in [-0.1, -0.05) is 0 Å². The molecule has 21 heavy (non-hydrogen) atoms. The second-order valence-electron chi connectivity index (χ2n) is 5.55. The molecule has 0 bridgehead atoms. The van der Waals surface area contributed by atoms with Crippen LogP contribution >= 0.6 is 0 Å². The minimum absolute atomic E-state index is 0.0742. The van der Waals surface area contributed by atoms with E-state index in [-0.39, 0.29) is 23.9 Å². The summed E-state index contributed by atoms with van der Waals surface area (Å²) in [6.07, 6.45) is 1.29. The molecule has 7 nitrogen and oxygen atoms in total. The van der Waals surface area contributed by atoms with Gasteiger partial charge in [-0.3, -0.25) is 9.78 Å². The van der Waals surface area contributed by atoms with Crippen LogP contribution in [0.25, 0.3) is 0 Å². The number of aromatic nitrogens is 1. The Bertz CT molecular complexity index is 640. The van der Waals surface area contributed by atoms with Gasteiger partial charge in [-0.05, 0) is 26.0 Å². The molecule has 2 heterocycles. The van der Waals surface area contributed by atoms with Crippen LogP contribution in [0.1, 0.15) is 19.5 Å². The van der Waals surface area contributed by atoms with Gasteiger partial charge in [0.15, 0.2) is 0 Å². The molecule has 1 fully saturated rings. The molecule has 0 aromatic carbocycles. The maximum atomic E-state index is 12.7. The lowest BCUT2D eigenvalue weighted by atomic mass is 10.0. The Labute approximate surface area is 124 Å². The van der Waals surface area contributed by atoms with Crippen LogP contribution < -0.4 is 5.73 Å². The Morgan fingerprint density at radius 3 is 2.52 bits per heavy atom. The van der Waals surface area contributed by atoms with Crippen LogP contribution in [-0.4, -0.2) is 54.2 Å². The fraction of sp³-hybridized carbons (Fsp3) is 0.538. The molecule has 1 aromatic rings. The molecule has 2 N–H and O–H groups in total. The Morgan fingerprint density at radius 2 is 2.00 bits per heavy atom. The molecule has 1 amide bonds. The summed E-state index contributed by atoms with van der Waals surface area (Å²) >= 11 is 0. The molecule has 1 aliphatic rings. The molecule has 0 saturated carbocycles. The summed E-state index contributed by atoms with van der Waals surface area (Å²) in [5.74, 6) is -0.219. The lowest BCUT2D eigenvalue weighted by Gasteiger charge is -2.43. The molecule has 0 spiro atoms. The zero-order valence-corrected chi connectivity index (χ0v) is 13.2. The van der Waals surface area contributed by atoms with Crippen molar-refractivity contribution in [3.8, 4) is 0 Å². The molecule has 2 rings (SSSR count). The van der Waals surface area contributed by atoms with Crippen molar-refractivity contribution in [3.63, 3.8) is 0 Å². The molecule has 1 saturated heterocycles. The van der Waals surface area contributed by atoms with Crippen molar-refractivity contribution < 1.29 is 13.2 Å². The van der Waals surface area contributed by atoms with E-state index in [0.717, 1.165) is 0 Å². The average molecular weight is 312 g/mol. The number of carbonyl (C=O) groups is 1. The molecule has 0 radical (unpaired) electrons. The third-order valence-corrected chi connectivity index (χ3v) is 5.78. The number of nitrogens with zero attached hydrogens (tertiary/aromatic N) is 3. The van der Waals surface area contributed by atoms with E-state index >= 15 is 0 Å². The number of hydrogen-bond donors (Lipinski definition) is 1. The molecule has 0 aliphatic carbocycles. The molecular formula is C13H20N4O3S. The number of rotatable bonds is 3. The van der Waals surface area contributed by atoms with Crippen molar-refractivity contribution in [1.82, 2.24) is 14.2 Å². The first kappa shape index (κ1) is 15.9. The Balaban J connectivity index is 2.40. The van der Waals surface area contributed by atoms with E-state index in [1.54, 1.807) is 31.9 Å². The maximum Gasteiger partial charge on any atom is 0.245 e. The monoisotopic (exact) mass is 312 g/mol. The summed E-state index contributed by atoms with van der Waals surface area (Å²) in [7, 11) is -2.10. The van der Waals surface area contributed by atoms with Crippen molar-refractivity contribution in [1.29, 1.82) is 0 Å². The SMILES string of the molecule is CN1CCN(S(=O)(=O)c2ccc(CN)nc2)C(C)(C)C1=O. The van der Waals surface area contributed by atoms with Crippen LogP contribution in [0.15, 0.2) is 23.2 Å². The summed E-state index contributed by atoms with van der Waals surface area (Å²) in [4.78, 5) is 17.9. The number of amides is 1. The summed E-state index contributed by atoms with van der Waals surface area (Å²) < 4.78 is 26.7. The van der Waals surface area contributed by atoms with Crippen molar-refractivity contribution in [2.75, 3.05) is 20.1 Å². The zero-order valence-electron chi connectivity index (χ0n) is 12.4. The van der Waals surface area contributed by atoms with Crippen molar-refractivity contribution in [3.05, 3.63) is 24.0 Å². The van der Waals surface area contributed by atoms with Crippen LogP contribution in [0, 0.1) is 0 Å². The highest BCUT2D eigenvalue weighted by Crippen LogP contribution is 2.28. The molecule has 1 aromatic heterocycles. The normalized spacial score (nSPS) is 19.8. The van der Waals surface area contributed by atoms with E-state index in [4.69, 9.17) is 5.73 Å². The number of hydrogen-bond acceptors (Lipinski definition) is 5. The summed E-state index contributed by atoms with van der Waals surface area (Å²) in [5.41, 5.74) is 4.96. The number of sulfonamides is 1. The van der Waals surface area contributed by atoms with E-state index in [1.165, 1.54) is 16.6 Å². The number of piperazine rings is 1. The average Bonchev–Trinajstić information content (AvgIpc) is 2.44. The highest BCUT2D eigenvalue weighted by atomic mass is 32.2. The van der Waals surface area contributed by atoms with Crippen molar-refractivity contribution >= 4 is 15.9 Å². The third kappa shape index (κ3) is 2.66. The first-order valence-electron chi connectivity index (χ1n) is 6.64. The quantitative estimate of drug-likeness (QED) is 0.832. The first-order chi connectivity index (χ1) is 9.71. The van der Waals surface area contributed by atoms with Crippen LogP contribution in [0.5, 0.6) is 0 Å². The van der Waals surface area contributed by atoms with Crippen LogP contribution in [0.4, 0.5) is 0 Å². The standard InChI is InChI=1S/C13H20N4O3S/c1-13(2)12(18)16(3)6-7-17(13)21(19,20)11-5-4-10(8-14)15-9-11/h4-5,9H,6-8,14H2,1-3H3. The second kappa shape index (κ2) is 5.36. The van der Waals surface area contributed by atoms with E-state index in [2.05, 4.69) is 4.98 Å². The van der Waals surface area contributed by atoms with Crippen molar-refractivity contribution in [2.24, 2.45) is 5.73 Å². The summed E-state index contributed by atoms with van der Waals surface area (Å²) in [6, 6.07) is 3.06. The smallest absolute Gasteiger partial charge is 0.245 e. The topological polar surface area (TPSA) is 96.6 Å².